The average Bonchev–Trinajstić information content (AvgIpc) is 2.95. The fourth-order valence-corrected chi connectivity index (χ4v) is 3.78. The first-order chi connectivity index (χ1) is 10.2. The normalized spacial score (nSPS) is 23.7. The first-order valence-electron chi connectivity index (χ1n) is 6.93. The molecule has 0 aromatic carbocycles. The van der Waals surface area contributed by atoms with Crippen LogP contribution >= 0.6 is 22.6 Å². The number of rotatable bonds is 4. The molecule has 1 saturated heterocycles. The van der Waals surface area contributed by atoms with Crippen molar-refractivity contribution in [1.82, 2.24) is 9.79 Å². The van der Waals surface area contributed by atoms with Crippen LogP contribution in [0, 0.1) is 0 Å². The minimum Gasteiger partial charge on any atom is -0.445 e. The summed E-state index contributed by atoms with van der Waals surface area (Å²) in [4.78, 5) is 28.8. The van der Waals surface area contributed by atoms with Gasteiger partial charge in [-0.15, -0.1) is 5.06 Å². The number of ether oxygens (including phenoxy) is 1. The van der Waals surface area contributed by atoms with E-state index in [1.807, 2.05) is 20.8 Å². The molecule has 1 heterocycles. The quantitative estimate of drug-likeness (QED) is 0.672. The van der Waals surface area contributed by atoms with Gasteiger partial charge >= 0.3 is 12.1 Å². The van der Waals surface area contributed by atoms with E-state index in [4.69, 9.17) is 9.57 Å². The summed E-state index contributed by atoms with van der Waals surface area (Å²) in [5.74, 6) is -0.593. The highest BCUT2D eigenvalue weighted by Gasteiger charge is 2.36. The molecular weight excluding hydrogens is 423 g/mol. The molecule has 1 aliphatic carbocycles. The van der Waals surface area contributed by atoms with Gasteiger partial charge in [0.25, 0.3) is 0 Å². The van der Waals surface area contributed by atoms with E-state index in [1.54, 1.807) is 0 Å². The molecule has 1 fully saturated rings. The summed E-state index contributed by atoms with van der Waals surface area (Å²) in [5.41, 5.74) is 0.443. The molecule has 1 unspecified atom stereocenters. The Morgan fingerprint density at radius 2 is 2.18 bits per heavy atom. The van der Waals surface area contributed by atoms with Crippen LogP contribution in [-0.4, -0.2) is 45.3 Å². The van der Waals surface area contributed by atoms with Crippen LogP contribution in [0.15, 0.2) is 9.15 Å². The smallest absolute Gasteiger partial charge is 0.443 e. The highest BCUT2D eigenvalue weighted by molar-refractivity contribution is 14.1. The zero-order chi connectivity index (χ0) is 16.5. The third-order valence-corrected chi connectivity index (χ3v) is 5.97. The van der Waals surface area contributed by atoms with E-state index in [9.17, 15) is 13.8 Å². The second-order valence-electron chi connectivity index (χ2n) is 6.00. The zero-order valence-corrected chi connectivity index (χ0v) is 15.7. The predicted molar refractivity (Wildman–Crippen MR) is 89.2 cm³/mol. The highest BCUT2D eigenvalue weighted by Crippen LogP contribution is 2.33. The third kappa shape index (κ3) is 3.99. The van der Waals surface area contributed by atoms with E-state index in [0.717, 1.165) is 8.64 Å². The molecule has 1 aliphatic heterocycles. The van der Waals surface area contributed by atoms with E-state index >= 15 is 0 Å². The summed E-state index contributed by atoms with van der Waals surface area (Å²) >= 11 is 2.09. The number of hydrogen-bond acceptors (Lipinski definition) is 5. The number of allylic oxidation sites excluding steroid dienone is 1. The van der Waals surface area contributed by atoms with Gasteiger partial charge in [-0.2, -0.15) is 0 Å². The second-order valence-corrected chi connectivity index (χ2v) is 9.30. The van der Waals surface area contributed by atoms with Gasteiger partial charge < -0.3 is 9.57 Å². The van der Waals surface area contributed by atoms with Crippen LogP contribution in [0.2, 0.25) is 0 Å². The van der Waals surface area contributed by atoms with E-state index < -0.39 is 27.8 Å². The lowest BCUT2D eigenvalue weighted by molar-refractivity contribution is -0.169. The zero-order valence-electron chi connectivity index (χ0n) is 12.7. The van der Waals surface area contributed by atoms with E-state index in [0.29, 0.717) is 18.4 Å². The summed E-state index contributed by atoms with van der Waals surface area (Å²) < 4.78 is 20.4. The van der Waals surface area contributed by atoms with Crippen LogP contribution in [0.1, 0.15) is 33.6 Å². The van der Waals surface area contributed by atoms with Crippen molar-refractivity contribution in [3.05, 3.63) is 9.15 Å². The number of nitrogens with zero attached hydrogens (tertiary/aromatic N) is 1. The van der Waals surface area contributed by atoms with Crippen LogP contribution in [0.4, 0.5) is 4.79 Å². The van der Waals surface area contributed by atoms with Crippen molar-refractivity contribution < 1.29 is 23.4 Å². The molecule has 22 heavy (non-hydrogen) atoms. The molecule has 1 N–H and O–H groups in total. The number of cyclic esters (lactones) is 1. The van der Waals surface area contributed by atoms with Crippen LogP contribution in [0.25, 0.3) is 0 Å². The number of amides is 1. The molecular formula is C13H19IN2O5S. The van der Waals surface area contributed by atoms with Crippen molar-refractivity contribution in [2.75, 3.05) is 13.2 Å². The number of hydrogen-bond donors (Lipinski definition) is 1. The number of halogens is 1. The van der Waals surface area contributed by atoms with Gasteiger partial charge in [0.05, 0.1) is 33.9 Å². The molecule has 7 nitrogen and oxygen atoms in total. The molecule has 0 aromatic heterocycles. The maximum Gasteiger partial charge on any atom is 0.443 e. The van der Waals surface area contributed by atoms with E-state index in [1.165, 1.54) is 0 Å². The molecule has 0 radical (unpaired) electrons. The van der Waals surface area contributed by atoms with Gasteiger partial charge in [-0.05, 0) is 56.2 Å². The monoisotopic (exact) mass is 442 g/mol. The fraction of sp³-hybridized carbons (Fsp3) is 0.692. The van der Waals surface area contributed by atoms with Crippen LogP contribution in [0.5, 0.6) is 0 Å². The van der Waals surface area contributed by atoms with Crippen molar-refractivity contribution in [3.8, 4) is 0 Å². The summed E-state index contributed by atoms with van der Waals surface area (Å²) in [7, 11) is -1.29. The third-order valence-electron chi connectivity index (χ3n) is 3.24. The van der Waals surface area contributed by atoms with Crippen molar-refractivity contribution in [2.45, 2.75) is 44.4 Å². The van der Waals surface area contributed by atoms with Crippen molar-refractivity contribution in [2.24, 2.45) is 0 Å². The number of carbonyl (C=O) groups excluding carboxylic acids is 2. The summed E-state index contributed by atoms with van der Waals surface area (Å²) in [6.45, 7) is 6.01. The Hall–Kier alpha value is -0.680. The van der Waals surface area contributed by atoms with Gasteiger partial charge in [0, 0.05) is 3.58 Å². The largest absolute Gasteiger partial charge is 0.445 e. The van der Waals surface area contributed by atoms with Crippen LogP contribution < -0.4 is 4.72 Å². The highest BCUT2D eigenvalue weighted by atomic mass is 127. The molecule has 0 bridgehead atoms. The first kappa shape index (κ1) is 17.7. The summed E-state index contributed by atoms with van der Waals surface area (Å²) in [5, 5.41) is 0.912. The van der Waals surface area contributed by atoms with Gasteiger partial charge in [-0.1, -0.05) is 0 Å². The minimum atomic E-state index is -1.29. The molecule has 2 aliphatic rings. The maximum atomic E-state index is 12.3. The van der Waals surface area contributed by atoms with Crippen LogP contribution in [0.3, 0.4) is 0 Å². The topological polar surface area (TPSA) is 84.9 Å². The van der Waals surface area contributed by atoms with Crippen molar-refractivity contribution in [3.63, 3.8) is 0 Å². The lowest BCUT2D eigenvalue weighted by Crippen LogP contribution is -2.42. The average molecular weight is 442 g/mol. The number of hydroxylamine groups is 2. The molecule has 0 aromatic rings. The van der Waals surface area contributed by atoms with Gasteiger partial charge in [0.15, 0.2) is 0 Å². The van der Waals surface area contributed by atoms with E-state index in [2.05, 4.69) is 27.3 Å². The van der Waals surface area contributed by atoms with Gasteiger partial charge in [0.1, 0.15) is 6.61 Å². The molecule has 2 atom stereocenters. The molecule has 1 amide bonds. The predicted octanol–water partition coefficient (Wildman–Crippen LogP) is 1.80. The Morgan fingerprint density at radius 3 is 2.73 bits per heavy atom. The fourth-order valence-electron chi connectivity index (χ4n) is 2.03. The van der Waals surface area contributed by atoms with Gasteiger partial charge in [0.2, 0.25) is 0 Å². The SMILES string of the molecule is CC(C)(C)S(=O)N[C@H]1CCC(I)=C1C(=O)ON1CCOC1=O. The number of nitrogens with one attached hydrogen (secondary N) is 1. The summed E-state index contributed by atoms with van der Waals surface area (Å²) in [6, 6.07) is -0.335. The standard InChI is InChI=1S/C13H19IN2O5S/c1-13(2,3)22(19)15-9-5-4-8(14)10(9)11(17)21-16-6-7-20-12(16)18/h9,15H,4-7H2,1-3H3/t9-,22?/m0/s1. The first-order valence-corrected chi connectivity index (χ1v) is 9.16. The molecule has 0 saturated carbocycles. The molecule has 0 spiro atoms. The van der Waals surface area contributed by atoms with Crippen molar-refractivity contribution in [1.29, 1.82) is 0 Å². The Kier molecular flexibility index (Phi) is 5.49. The second kappa shape index (κ2) is 6.83. The number of carbonyl (C=O) groups is 2. The molecule has 124 valence electrons. The Bertz CT molecular complexity index is 543. The maximum absolute atomic E-state index is 12.3. The molecule has 2 rings (SSSR count). The van der Waals surface area contributed by atoms with E-state index in [-0.39, 0.29) is 19.2 Å². The van der Waals surface area contributed by atoms with Gasteiger partial charge in [-0.3, -0.25) is 0 Å². The minimum absolute atomic E-state index is 0.206. The molecule has 9 heteroatoms. The Balaban J connectivity index is 2.06. The van der Waals surface area contributed by atoms with Gasteiger partial charge in [-0.25, -0.2) is 18.5 Å². The van der Waals surface area contributed by atoms with Crippen LogP contribution in [-0.2, 0) is 25.4 Å². The lowest BCUT2D eigenvalue weighted by Gasteiger charge is -2.23. The Labute approximate surface area is 145 Å². The summed E-state index contributed by atoms with van der Waals surface area (Å²) in [6.07, 6.45) is 0.730. The van der Waals surface area contributed by atoms with Crippen molar-refractivity contribution >= 4 is 45.6 Å². The lowest BCUT2D eigenvalue weighted by atomic mass is 10.1. The Morgan fingerprint density at radius 1 is 1.50 bits per heavy atom.